The van der Waals surface area contributed by atoms with Gasteiger partial charge in [-0.2, -0.15) is 5.10 Å². The van der Waals surface area contributed by atoms with Gasteiger partial charge in [0.05, 0.1) is 24.1 Å². The molecule has 0 saturated heterocycles. The van der Waals surface area contributed by atoms with Crippen molar-refractivity contribution in [3.63, 3.8) is 0 Å². The van der Waals surface area contributed by atoms with E-state index in [0.29, 0.717) is 6.54 Å². The molecule has 4 aromatic rings. The lowest BCUT2D eigenvalue weighted by atomic mass is 10.2. The number of hydrogen-bond donors (Lipinski definition) is 0. The van der Waals surface area contributed by atoms with Crippen molar-refractivity contribution in [1.82, 2.24) is 19.5 Å². The van der Waals surface area contributed by atoms with E-state index >= 15 is 0 Å². The molecule has 0 saturated carbocycles. The van der Waals surface area contributed by atoms with Crippen molar-refractivity contribution in [2.75, 3.05) is 0 Å². The van der Waals surface area contributed by atoms with Gasteiger partial charge < -0.3 is 9.09 Å². The number of benzene rings is 1. The highest BCUT2D eigenvalue weighted by Gasteiger charge is 2.10. The summed E-state index contributed by atoms with van der Waals surface area (Å²) in [6.45, 7) is 4.55. The molecule has 0 aliphatic rings. The maximum atomic E-state index is 5.20. The lowest BCUT2D eigenvalue weighted by molar-refractivity contribution is 0.391. The van der Waals surface area contributed by atoms with Gasteiger partial charge in [0.2, 0.25) is 0 Å². The zero-order chi connectivity index (χ0) is 15.1. The Bertz CT molecular complexity index is 892. The Morgan fingerprint density at radius 1 is 1.05 bits per heavy atom. The van der Waals surface area contributed by atoms with E-state index in [-0.39, 0.29) is 0 Å². The highest BCUT2D eigenvalue weighted by molar-refractivity contribution is 5.82. The first-order valence-electron chi connectivity index (χ1n) is 7.22. The summed E-state index contributed by atoms with van der Waals surface area (Å²) in [5, 5.41) is 10.9. The van der Waals surface area contributed by atoms with E-state index in [4.69, 9.17) is 4.52 Å². The molecule has 110 valence electrons. The van der Waals surface area contributed by atoms with Crippen LogP contribution in [0.1, 0.15) is 17.0 Å². The summed E-state index contributed by atoms with van der Waals surface area (Å²) >= 11 is 0. The second-order valence-electron chi connectivity index (χ2n) is 5.49. The number of aryl methyl sites for hydroxylation is 2. The normalized spacial score (nSPS) is 11.4. The maximum Gasteiger partial charge on any atom is 0.138 e. The molecule has 0 N–H and O–H groups in total. The Kier molecular flexibility index (Phi) is 2.85. The van der Waals surface area contributed by atoms with Crippen molar-refractivity contribution in [3.8, 4) is 5.69 Å². The Hall–Kier alpha value is -2.82. The van der Waals surface area contributed by atoms with E-state index in [0.717, 1.165) is 22.7 Å². The minimum Gasteiger partial charge on any atom is -0.361 e. The van der Waals surface area contributed by atoms with Crippen molar-refractivity contribution in [1.29, 1.82) is 0 Å². The number of rotatable bonds is 3. The fourth-order valence-corrected chi connectivity index (χ4v) is 2.69. The average Bonchev–Trinajstić information content (AvgIpc) is 3.21. The molecule has 4 rings (SSSR count). The summed E-state index contributed by atoms with van der Waals surface area (Å²) in [6.07, 6.45) is 8.14. The zero-order valence-electron chi connectivity index (χ0n) is 12.5. The van der Waals surface area contributed by atoms with E-state index in [1.54, 1.807) is 0 Å². The molecule has 0 bridgehead atoms. The summed E-state index contributed by atoms with van der Waals surface area (Å²) in [5.74, 6) is 0.848. The molecule has 0 amide bonds. The van der Waals surface area contributed by atoms with Crippen LogP contribution in [0.15, 0.2) is 53.6 Å². The SMILES string of the molecule is Cc1noc(C)c1Cn1cc(-n2cc3ccccc3c2)cn1. The van der Waals surface area contributed by atoms with Gasteiger partial charge in [0, 0.05) is 24.2 Å². The Balaban J connectivity index is 1.66. The van der Waals surface area contributed by atoms with E-state index < -0.39 is 0 Å². The summed E-state index contributed by atoms with van der Waals surface area (Å²) in [7, 11) is 0. The fraction of sp³-hybridized carbons (Fsp3) is 0.176. The van der Waals surface area contributed by atoms with E-state index in [1.165, 1.54) is 10.8 Å². The summed E-state index contributed by atoms with van der Waals surface area (Å²) < 4.78 is 9.21. The Labute approximate surface area is 127 Å². The minimum absolute atomic E-state index is 0.669. The molecule has 3 aromatic heterocycles. The molecule has 0 atom stereocenters. The molecule has 3 heterocycles. The van der Waals surface area contributed by atoms with Gasteiger partial charge in [-0.3, -0.25) is 4.68 Å². The lowest BCUT2D eigenvalue weighted by Crippen LogP contribution is -2.01. The predicted octanol–water partition coefficient (Wildman–Crippen LogP) is 3.48. The van der Waals surface area contributed by atoms with E-state index in [9.17, 15) is 0 Å². The Morgan fingerprint density at radius 2 is 1.77 bits per heavy atom. The van der Waals surface area contributed by atoms with Crippen LogP contribution < -0.4 is 0 Å². The fourth-order valence-electron chi connectivity index (χ4n) is 2.69. The van der Waals surface area contributed by atoms with Gasteiger partial charge in [-0.25, -0.2) is 0 Å². The molecule has 1 aromatic carbocycles. The van der Waals surface area contributed by atoms with Crippen LogP contribution in [0.25, 0.3) is 16.5 Å². The first-order valence-corrected chi connectivity index (χ1v) is 7.22. The van der Waals surface area contributed by atoms with Crippen LogP contribution in [0.5, 0.6) is 0 Å². The van der Waals surface area contributed by atoms with Crippen molar-refractivity contribution in [2.45, 2.75) is 20.4 Å². The predicted molar refractivity (Wildman–Crippen MR) is 84.1 cm³/mol. The molecular weight excluding hydrogens is 276 g/mol. The van der Waals surface area contributed by atoms with Crippen molar-refractivity contribution in [3.05, 3.63) is 66.1 Å². The summed E-state index contributed by atoms with van der Waals surface area (Å²) in [5.41, 5.74) is 3.05. The highest BCUT2D eigenvalue weighted by atomic mass is 16.5. The van der Waals surface area contributed by atoms with Crippen LogP contribution in [0.4, 0.5) is 0 Å². The Morgan fingerprint density at radius 3 is 2.41 bits per heavy atom. The van der Waals surface area contributed by atoms with E-state index in [1.807, 2.05) is 43.1 Å². The molecule has 0 spiro atoms. The van der Waals surface area contributed by atoms with Gasteiger partial charge >= 0.3 is 0 Å². The van der Waals surface area contributed by atoms with Crippen molar-refractivity contribution in [2.24, 2.45) is 0 Å². The van der Waals surface area contributed by atoms with Crippen LogP contribution in [-0.2, 0) is 6.54 Å². The minimum atomic E-state index is 0.669. The largest absolute Gasteiger partial charge is 0.361 e. The topological polar surface area (TPSA) is 48.8 Å². The van der Waals surface area contributed by atoms with Gasteiger partial charge in [-0.1, -0.05) is 29.4 Å². The number of fused-ring (bicyclic) bond motifs is 1. The third-order valence-electron chi connectivity index (χ3n) is 3.97. The summed E-state index contributed by atoms with van der Waals surface area (Å²) in [6, 6.07) is 8.32. The molecule has 0 unspecified atom stereocenters. The van der Waals surface area contributed by atoms with Gasteiger partial charge in [0.25, 0.3) is 0 Å². The molecular formula is C17H16N4O. The van der Waals surface area contributed by atoms with Gasteiger partial charge in [-0.15, -0.1) is 0 Å². The van der Waals surface area contributed by atoms with Crippen molar-refractivity contribution >= 4 is 10.8 Å². The number of hydrogen-bond acceptors (Lipinski definition) is 3. The van der Waals surface area contributed by atoms with Crippen LogP contribution in [0.3, 0.4) is 0 Å². The first kappa shape index (κ1) is 12.9. The second kappa shape index (κ2) is 4.87. The second-order valence-corrected chi connectivity index (χ2v) is 5.49. The van der Waals surface area contributed by atoms with Crippen molar-refractivity contribution < 1.29 is 4.52 Å². The molecule has 0 radical (unpaired) electrons. The first-order chi connectivity index (χ1) is 10.7. The maximum absolute atomic E-state index is 5.20. The monoisotopic (exact) mass is 292 g/mol. The van der Waals surface area contributed by atoms with Gasteiger partial charge in [0.15, 0.2) is 0 Å². The molecule has 5 heteroatoms. The number of aromatic nitrogens is 4. The third kappa shape index (κ3) is 2.11. The van der Waals surface area contributed by atoms with Gasteiger partial charge in [-0.05, 0) is 24.6 Å². The molecule has 0 aliphatic heterocycles. The van der Waals surface area contributed by atoms with Crippen LogP contribution in [0, 0.1) is 13.8 Å². The molecule has 5 nitrogen and oxygen atoms in total. The quantitative estimate of drug-likeness (QED) is 0.581. The highest BCUT2D eigenvalue weighted by Crippen LogP contribution is 2.19. The third-order valence-corrected chi connectivity index (χ3v) is 3.97. The van der Waals surface area contributed by atoms with Crippen LogP contribution in [0.2, 0.25) is 0 Å². The molecule has 22 heavy (non-hydrogen) atoms. The average molecular weight is 292 g/mol. The van der Waals surface area contributed by atoms with Gasteiger partial charge in [0.1, 0.15) is 5.76 Å². The smallest absolute Gasteiger partial charge is 0.138 e. The van der Waals surface area contributed by atoms with E-state index in [2.05, 4.69) is 39.3 Å². The number of nitrogens with zero attached hydrogens (tertiary/aromatic N) is 4. The van der Waals surface area contributed by atoms with Crippen LogP contribution in [-0.4, -0.2) is 19.5 Å². The van der Waals surface area contributed by atoms with Crippen LogP contribution >= 0.6 is 0 Å². The molecule has 0 aliphatic carbocycles. The molecule has 0 fully saturated rings. The lowest BCUT2D eigenvalue weighted by Gasteiger charge is -2.00. The summed E-state index contributed by atoms with van der Waals surface area (Å²) in [4.78, 5) is 0. The standard InChI is InChI=1S/C17H16N4O/c1-12-17(13(2)22-19-12)11-21-10-16(7-18-21)20-8-14-5-3-4-6-15(14)9-20/h3-10H,11H2,1-2H3. The zero-order valence-corrected chi connectivity index (χ0v) is 12.5.